The molecule has 198 valence electrons. The van der Waals surface area contributed by atoms with Crippen molar-refractivity contribution in [2.75, 3.05) is 7.05 Å². The highest BCUT2D eigenvalue weighted by Crippen LogP contribution is 2.20. The molecule has 0 aliphatic rings. The van der Waals surface area contributed by atoms with Gasteiger partial charge in [0.15, 0.2) is 5.82 Å². The number of aromatic nitrogens is 3. The fourth-order valence-electron chi connectivity index (χ4n) is 3.21. The zero-order valence-corrected chi connectivity index (χ0v) is 24.1. The van der Waals surface area contributed by atoms with Gasteiger partial charge in [-0.05, 0) is 92.3 Å². The quantitative estimate of drug-likeness (QED) is 0.223. The Morgan fingerprint density at radius 1 is 1.05 bits per heavy atom. The number of nitrogens with zero attached hydrogens (tertiary/aromatic N) is 4. The molecule has 5 heteroatoms. The van der Waals surface area contributed by atoms with Gasteiger partial charge in [0.05, 0.1) is 11.7 Å². The Bertz CT molecular complexity index is 1370. The monoisotopic (exact) mass is 507 g/mol. The molecule has 0 fully saturated rings. The minimum absolute atomic E-state index is 0.781. The number of nitrogens with one attached hydrogen (secondary N) is 1. The standard InChI is InChI=1S/C13H17N3.C10H10.C8H8N2.C2H6/c1-5-15-13-11(3)8-12(9-16-13)10(2)6-7-14-4;1-3-9-5-7-10(4-2)8-6-9;1-6-2-3-7-5-9-10-8(7)4-6;1-2/h5-9H,1-4H3;1,5-8H,4H2,2H3;2-5H,1H3,(H,9,10);1-2H3/b10-6+,14-7?,15-5?;;;. The van der Waals surface area contributed by atoms with Crippen LogP contribution in [0.25, 0.3) is 16.5 Å². The molecule has 38 heavy (non-hydrogen) atoms. The molecule has 2 aromatic heterocycles. The molecule has 1 N–H and O–H groups in total. The molecule has 0 bridgehead atoms. The summed E-state index contributed by atoms with van der Waals surface area (Å²) in [5.41, 5.74) is 7.99. The first-order valence-corrected chi connectivity index (χ1v) is 12.9. The van der Waals surface area contributed by atoms with Crippen LogP contribution in [0.15, 0.2) is 77.0 Å². The lowest BCUT2D eigenvalue weighted by Crippen LogP contribution is -1.87. The van der Waals surface area contributed by atoms with Crippen molar-refractivity contribution in [3.05, 3.63) is 94.8 Å². The maximum atomic E-state index is 5.19. The molecule has 2 aromatic carbocycles. The van der Waals surface area contributed by atoms with E-state index in [2.05, 4.69) is 81.3 Å². The van der Waals surface area contributed by atoms with E-state index >= 15 is 0 Å². The average molecular weight is 508 g/mol. The van der Waals surface area contributed by atoms with Gasteiger partial charge in [-0.25, -0.2) is 9.98 Å². The Labute approximate surface area is 228 Å². The second-order valence-corrected chi connectivity index (χ2v) is 8.16. The van der Waals surface area contributed by atoms with E-state index in [1.807, 2.05) is 65.2 Å². The van der Waals surface area contributed by atoms with Gasteiger partial charge in [0.25, 0.3) is 0 Å². The van der Waals surface area contributed by atoms with Crippen molar-refractivity contribution in [2.24, 2.45) is 9.98 Å². The van der Waals surface area contributed by atoms with Crippen LogP contribution in [0, 0.1) is 26.2 Å². The summed E-state index contributed by atoms with van der Waals surface area (Å²) in [5.74, 6) is 3.36. The predicted molar refractivity (Wildman–Crippen MR) is 167 cm³/mol. The average Bonchev–Trinajstić information content (AvgIpc) is 3.42. The largest absolute Gasteiger partial charge is 0.297 e. The Morgan fingerprint density at radius 2 is 1.76 bits per heavy atom. The van der Waals surface area contributed by atoms with Crippen LogP contribution >= 0.6 is 0 Å². The lowest BCUT2D eigenvalue weighted by Gasteiger charge is -2.03. The molecule has 0 saturated heterocycles. The Kier molecular flexibility index (Phi) is 15.0. The van der Waals surface area contributed by atoms with Crippen molar-refractivity contribution in [1.82, 2.24) is 15.2 Å². The van der Waals surface area contributed by atoms with Gasteiger partial charge < -0.3 is 0 Å². The fraction of sp³-hybridized carbons (Fsp3) is 0.273. The molecule has 0 aliphatic heterocycles. The van der Waals surface area contributed by atoms with Gasteiger partial charge in [0, 0.05) is 36.6 Å². The number of aliphatic imine (C=N–C) groups is 2. The topological polar surface area (TPSA) is 66.3 Å². The lowest BCUT2D eigenvalue weighted by atomic mass is 10.1. The van der Waals surface area contributed by atoms with Crippen molar-refractivity contribution in [3.8, 4) is 12.3 Å². The van der Waals surface area contributed by atoms with Gasteiger partial charge in [-0.2, -0.15) is 5.10 Å². The molecule has 0 radical (unpaired) electrons. The number of allylic oxidation sites excluding steroid dienone is 2. The number of hydrogen-bond acceptors (Lipinski definition) is 4. The molecular weight excluding hydrogens is 466 g/mol. The van der Waals surface area contributed by atoms with E-state index in [9.17, 15) is 0 Å². The van der Waals surface area contributed by atoms with Crippen LogP contribution in [-0.4, -0.2) is 34.7 Å². The Balaban J connectivity index is 0.000000286. The highest BCUT2D eigenvalue weighted by atomic mass is 15.1. The number of aryl methyl sites for hydroxylation is 3. The molecule has 0 aliphatic carbocycles. The van der Waals surface area contributed by atoms with E-state index in [-0.39, 0.29) is 0 Å². The van der Waals surface area contributed by atoms with Gasteiger partial charge in [0.1, 0.15) is 0 Å². The zero-order valence-electron chi connectivity index (χ0n) is 24.1. The van der Waals surface area contributed by atoms with E-state index in [1.54, 1.807) is 19.5 Å². The number of terminal acetylenes is 1. The molecule has 5 nitrogen and oxygen atoms in total. The first-order valence-electron chi connectivity index (χ1n) is 12.9. The van der Waals surface area contributed by atoms with Crippen LogP contribution < -0.4 is 0 Å². The van der Waals surface area contributed by atoms with Gasteiger partial charge in [-0.15, -0.1) is 6.42 Å². The summed E-state index contributed by atoms with van der Waals surface area (Å²) in [6, 6.07) is 16.4. The highest BCUT2D eigenvalue weighted by molar-refractivity contribution is 5.83. The van der Waals surface area contributed by atoms with Crippen molar-refractivity contribution < 1.29 is 0 Å². The maximum absolute atomic E-state index is 5.19. The number of fused-ring (bicyclic) bond motifs is 1. The number of benzene rings is 2. The van der Waals surface area contributed by atoms with Crippen LogP contribution in [-0.2, 0) is 6.42 Å². The number of rotatable bonds is 4. The number of hydrogen-bond donors (Lipinski definition) is 1. The first kappa shape index (κ1) is 31.7. The molecule has 0 spiro atoms. The lowest BCUT2D eigenvalue weighted by molar-refractivity contribution is 1.12. The molecule has 0 atom stereocenters. The van der Waals surface area contributed by atoms with E-state index in [1.165, 1.54) is 16.5 Å². The van der Waals surface area contributed by atoms with E-state index in [4.69, 9.17) is 6.42 Å². The molecule has 0 unspecified atom stereocenters. The SMILES string of the molecule is C#Cc1ccc(CC)cc1.CC.CC=Nc1ncc(/C(C)=C/C=NC)cc1C.Cc1ccc2cn[nH]c2c1. The van der Waals surface area contributed by atoms with Crippen LogP contribution in [0.3, 0.4) is 0 Å². The molecular formula is C33H41N5. The highest BCUT2D eigenvalue weighted by Gasteiger charge is 2.01. The smallest absolute Gasteiger partial charge is 0.154 e. The molecule has 2 heterocycles. The van der Waals surface area contributed by atoms with Gasteiger partial charge in [-0.3, -0.25) is 10.1 Å². The van der Waals surface area contributed by atoms with Crippen molar-refractivity contribution >= 4 is 34.7 Å². The minimum atomic E-state index is 0.781. The number of pyridine rings is 1. The summed E-state index contributed by atoms with van der Waals surface area (Å²) in [7, 11) is 1.76. The summed E-state index contributed by atoms with van der Waals surface area (Å²) < 4.78 is 0. The molecule has 4 rings (SSSR count). The zero-order chi connectivity index (χ0) is 28.3. The van der Waals surface area contributed by atoms with Gasteiger partial charge in [-0.1, -0.05) is 51.0 Å². The van der Waals surface area contributed by atoms with Crippen molar-refractivity contribution in [2.45, 2.75) is 54.9 Å². The predicted octanol–water partition coefficient (Wildman–Crippen LogP) is 8.34. The number of H-pyrrole nitrogens is 1. The van der Waals surface area contributed by atoms with Crippen LogP contribution in [0.2, 0.25) is 0 Å². The molecule has 0 saturated carbocycles. The normalized spacial score (nSPS) is 10.7. The summed E-state index contributed by atoms with van der Waals surface area (Å²) in [6.07, 6.45) is 15.4. The fourth-order valence-corrected chi connectivity index (χ4v) is 3.21. The summed E-state index contributed by atoms with van der Waals surface area (Å²) in [5, 5.41) is 8.00. The van der Waals surface area contributed by atoms with Gasteiger partial charge >= 0.3 is 0 Å². The van der Waals surface area contributed by atoms with Crippen LogP contribution in [0.5, 0.6) is 0 Å². The van der Waals surface area contributed by atoms with Crippen molar-refractivity contribution in [3.63, 3.8) is 0 Å². The van der Waals surface area contributed by atoms with E-state index in [0.29, 0.717) is 0 Å². The third-order valence-electron chi connectivity index (χ3n) is 5.36. The molecule has 4 aromatic rings. The summed E-state index contributed by atoms with van der Waals surface area (Å²) in [6.45, 7) is 14.1. The van der Waals surface area contributed by atoms with Gasteiger partial charge in [0.2, 0.25) is 0 Å². The van der Waals surface area contributed by atoms with Crippen molar-refractivity contribution in [1.29, 1.82) is 0 Å². The summed E-state index contributed by atoms with van der Waals surface area (Å²) >= 11 is 0. The second kappa shape index (κ2) is 18.0. The van der Waals surface area contributed by atoms with E-state index < -0.39 is 0 Å². The summed E-state index contributed by atoms with van der Waals surface area (Å²) in [4.78, 5) is 12.4. The minimum Gasteiger partial charge on any atom is -0.297 e. The van der Waals surface area contributed by atoms with Crippen LogP contribution in [0.4, 0.5) is 5.82 Å². The second-order valence-electron chi connectivity index (χ2n) is 8.16. The maximum Gasteiger partial charge on any atom is 0.154 e. The Hall–Kier alpha value is -4.30. The number of aromatic amines is 1. The third kappa shape index (κ3) is 10.8. The first-order chi connectivity index (χ1) is 18.4. The van der Waals surface area contributed by atoms with E-state index in [0.717, 1.165) is 40.0 Å². The Morgan fingerprint density at radius 3 is 2.34 bits per heavy atom. The van der Waals surface area contributed by atoms with Crippen LogP contribution in [0.1, 0.15) is 62.4 Å². The third-order valence-corrected chi connectivity index (χ3v) is 5.36. The molecule has 0 amide bonds.